The van der Waals surface area contributed by atoms with Crippen molar-refractivity contribution in [3.05, 3.63) is 47.5 Å². The van der Waals surface area contributed by atoms with Gasteiger partial charge in [0.15, 0.2) is 0 Å². The van der Waals surface area contributed by atoms with Gasteiger partial charge >= 0.3 is 0 Å². The van der Waals surface area contributed by atoms with Crippen LogP contribution in [0.4, 0.5) is 0 Å². The molecule has 0 radical (unpaired) electrons. The highest BCUT2D eigenvalue weighted by Crippen LogP contribution is 2.42. The molecule has 3 unspecified atom stereocenters. The monoisotopic (exact) mass is 227 g/mol. The molecule has 2 aliphatic rings. The third kappa shape index (κ3) is 2.44. The number of hydrogen-bond donors (Lipinski definition) is 1. The summed E-state index contributed by atoms with van der Waals surface area (Å²) in [7, 11) is 0. The Kier molecular flexibility index (Phi) is 3.02. The molecule has 90 valence electrons. The minimum atomic E-state index is 0.866. The number of rotatable bonds is 4. The van der Waals surface area contributed by atoms with Crippen LogP contribution in [0, 0.1) is 24.7 Å². The molecular weight excluding hydrogens is 206 g/mol. The van der Waals surface area contributed by atoms with E-state index in [2.05, 4.69) is 48.7 Å². The van der Waals surface area contributed by atoms with Gasteiger partial charge in [0.2, 0.25) is 0 Å². The molecule has 17 heavy (non-hydrogen) atoms. The molecule has 0 aromatic heterocycles. The maximum Gasteiger partial charge on any atom is 0.0205 e. The van der Waals surface area contributed by atoms with E-state index < -0.39 is 0 Å². The zero-order valence-electron chi connectivity index (χ0n) is 10.5. The van der Waals surface area contributed by atoms with Gasteiger partial charge in [-0.3, -0.25) is 0 Å². The lowest BCUT2D eigenvalue weighted by Gasteiger charge is -2.18. The van der Waals surface area contributed by atoms with Crippen LogP contribution in [-0.2, 0) is 6.54 Å². The molecule has 0 saturated heterocycles. The molecule has 0 spiro atoms. The van der Waals surface area contributed by atoms with Gasteiger partial charge in [0, 0.05) is 6.54 Å². The zero-order chi connectivity index (χ0) is 11.7. The molecule has 1 aromatic rings. The SMILES string of the molecule is Cc1ccc(CNCC2CC3C=CC2C3)cc1. The average molecular weight is 227 g/mol. The molecule has 3 atom stereocenters. The number of allylic oxidation sites excluding steroid dienone is 2. The molecule has 1 nitrogen and oxygen atoms in total. The average Bonchev–Trinajstić information content (AvgIpc) is 2.94. The molecule has 1 heteroatoms. The van der Waals surface area contributed by atoms with Gasteiger partial charge in [-0.1, -0.05) is 42.0 Å². The third-order valence-corrected chi connectivity index (χ3v) is 4.27. The molecule has 0 amide bonds. The first-order chi connectivity index (χ1) is 8.31. The Morgan fingerprint density at radius 2 is 1.94 bits per heavy atom. The summed E-state index contributed by atoms with van der Waals surface area (Å²) < 4.78 is 0. The Balaban J connectivity index is 1.46. The van der Waals surface area contributed by atoms with Crippen molar-refractivity contribution in [2.75, 3.05) is 6.54 Å². The van der Waals surface area contributed by atoms with Crippen LogP contribution in [0.1, 0.15) is 24.0 Å². The Labute approximate surface area is 104 Å². The maximum absolute atomic E-state index is 3.61. The van der Waals surface area contributed by atoms with Crippen molar-refractivity contribution in [3.63, 3.8) is 0 Å². The van der Waals surface area contributed by atoms with E-state index in [0.717, 1.165) is 24.3 Å². The lowest BCUT2D eigenvalue weighted by atomic mass is 9.93. The smallest absolute Gasteiger partial charge is 0.0205 e. The van der Waals surface area contributed by atoms with Gasteiger partial charge in [0.1, 0.15) is 0 Å². The highest BCUT2D eigenvalue weighted by Gasteiger charge is 2.34. The van der Waals surface area contributed by atoms with Crippen LogP contribution in [0.5, 0.6) is 0 Å². The predicted molar refractivity (Wildman–Crippen MR) is 71.7 cm³/mol. The number of benzene rings is 1. The standard InChI is InChI=1S/C16H21N/c1-12-2-4-13(5-3-12)10-17-11-16-9-14-6-7-15(16)8-14/h2-7,14-17H,8-11H2,1H3. The molecule has 1 N–H and O–H groups in total. The van der Waals surface area contributed by atoms with Crippen LogP contribution in [0.3, 0.4) is 0 Å². The van der Waals surface area contributed by atoms with Crippen LogP contribution < -0.4 is 5.32 Å². The minimum Gasteiger partial charge on any atom is -0.312 e. The maximum atomic E-state index is 3.61. The van der Waals surface area contributed by atoms with Gasteiger partial charge in [0.25, 0.3) is 0 Å². The Morgan fingerprint density at radius 3 is 2.59 bits per heavy atom. The number of hydrogen-bond acceptors (Lipinski definition) is 1. The van der Waals surface area contributed by atoms with Crippen LogP contribution in [0.25, 0.3) is 0 Å². The Bertz CT molecular complexity index is 404. The second-order valence-electron chi connectivity index (χ2n) is 5.66. The fourth-order valence-electron chi connectivity index (χ4n) is 3.24. The molecular formula is C16H21N. The Morgan fingerprint density at radius 1 is 1.12 bits per heavy atom. The zero-order valence-corrected chi connectivity index (χ0v) is 10.5. The van der Waals surface area contributed by atoms with Gasteiger partial charge in [-0.25, -0.2) is 0 Å². The van der Waals surface area contributed by atoms with E-state index in [1.165, 1.54) is 30.5 Å². The van der Waals surface area contributed by atoms with Gasteiger partial charge in [0.05, 0.1) is 0 Å². The van der Waals surface area contributed by atoms with Crippen molar-refractivity contribution in [1.29, 1.82) is 0 Å². The van der Waals surface area contributed by atoms with Crippen LogP contribution in [0.2, 0.25) is 0 Å². The molecule has 0 heterocycles. The first kappa shape index (κ1) is 11.0. The highest BCUT2D eigenvalue weighted by molar-refractivity contribution is 5.21. The number of aryl methyl sites for hydroxylation is 1. The van der Waals surface area contributed by atoms with E-state index in [1.807, 2.05) is 0 Å². The summed E-state index contributed by atoms with van der Waals surface area (Å²) in [5.74, 6) is 2.65. The van der Waals surface area contributed by atoms with Crippen molar-refractivity contribution in [2.45, 2.75) is 26.3 Å². The Hall–Kier alpha value is -1.08. The van der Waals surface area contributed by atoms with E-state index in [9.17, 15) is 0 Å². The molecule has 2 bridgehead atoms. The summed E-state index contributed by atoms with van der Waals surface area (Å²) in [5.41, 5.74) is 2.74. The van der Waals surface area contributed by atoms with Crippen LogP contribution >= 0.6 is 0 Å². The third-order valence-electron chi connectivity index (χ3n) is 4.27. The minimum absolute atomic E-state index is 0.866. The summed E-state index contributed by atoms with van der Waals surface area (Å²) in [4.78, 5) is 0. The van der Waals surface area contributed by atoms with Crippen molar-refractivity contribution in [1.82, 2.24) is 5.32 Å². The summed E-state index contributed by atoms with van der Waals surface area (Å²) in [6, 6.07) is 8.83. The topological polar surface area (TPSA) is 12.0 Å². The highest BCUT2D eigenvalue weighted by atomic mass is 14.9. The van der Waals surface area contributed by atoms with E-state index >= 15 is 0 Å². The number of nitrogens with one attached hydrogen (secondary N) is 1. The van der Waals surface area contributed by atoms with Gasteiger partial charge in [-0.15, -0.1) is 0 Å². The molecule has 1 aromatic carbocycles. The molecule has 2 aliphatic carbocycles. The van der Waals surface area contributed by atoms with Gasteiger partial charge in [-0.2, -0.15) is 0 Å². The number of fused-ring (bicyclic) bond motifs is 2. The lowest BCUT2D eigenvalue weighted by molar-refractivity contribution is 0.414. The summed E-state index contributed by atoms with van der Waals surface area (Å²) in [5, 5.41) is 3.61. The van der Waals surface area contributed by atoms with Gasteiger partial charge < -0.3 is 5.32 Å². The molecule has 1 saturated carbocycles. The largest absolute Gasteiger partial charge is 0.312 e. The summed E-state index contributed by atoms with van der Waals surface area (Å²) >= 11 is 0. The van der Waals surface area contributed by atoms with Crippen molar-refractivity contribution >= 4 is 0 Å². The molecule has 3 rings (SSSR count). The normalized spacial score (nSPS) is 30.1. The van der Waals surface area contributed by atoms with E-state index in [0.29, 0.717) is 0 Å². The van der Waals surface area contributed by atoms with E-state index in [-0.39, 0.29) is 0 Å². The summed E-state index contributed by atoms with van der Waals surface area (Å²) in [6.45, 7) is 4.33. The van der Waals surface area contributed by atoms with Crippen molar-refractivity contribution < 1.29 is 0 Å². The fourth-order valence-corrected chi connectivity index (χ4v) is 3.24. The molecule has 1 fully saturated rings. The van der Waals surface area contributed by atoms with Crippen LogP contribution in [-0.4, -0.2) is 6.54 Å². The quantitative estimate of drug-likeness (QED) is 0.778. The predicted octanol–water partition coefficient (Wildman–Crippen LogP) is 3.30. The first-order valence-corrected chi connectivity index (χ1v) is 6.76. The van der Waals surface area contributed by atoms with E-state index in [1.54, 1.807) is 0 Å². The van der Waals surface area contributed by atoms with Crippen molar-refractivity contribution in [2.24, 2.45) is 17.8 Å². The van der Waals surface area contributed by atoms with E-state index in [4.69, 9.17) is 0 Å². The second kappa shape index (κ2) is 4.66. The first-order valence-electron chi connectivity index (χ1n) is 6.76. The summed E-state index contributed by atoms with van der Waals surface area (Å²) in [6.07, 6.45) is 7.67. The fraction of sp³-hybridized carbons (Fsp3) is 0.500. The lowest BCUT2D eigenvalue weighted by Crippen LogP contribution is -2.25. The van der Waals surface area contributed by atoms with Crippen LogP contribution in [0.15, 0.2) is 36.4 Å². The second-order valence-corrected chi connectivity index (χ2v) is 5.66. The van der Waals surface area contributed by atoms with Gasteiger partial charge in [-0.05, 0) is 49.6 Å². The van der Waals surface area contributed by atoms with Crippen molar-refractivity contribution in [3.8, 4) is 0 Å². The molecule has 0 aliphatic heterocycles.